The van der Waals surface area contributed by atoms with Crippen LogP contribution in [-0.4, -0.2) is 37.6 Å². The van der Waals surface area contributed by atoms with E-state index < -0.39 is 30.1 Å². The quantitative estimate of drug-likeness (QED) is 0.676. The van der Waals surface area contributed by atoms with Crippen molar-refractivity contribution in [3.63, 3.8) is 0 Å². The van der Waals surface area contributed by atoms with Crippen molar-refractivity contribution in [2.75, 3.05) is 21.3 Å². The second kappa shape index (κ2) is 7.84. The van der Waals surface area contributed by atoms with Gasteiger partial charge in [-0.25, -0.2) is 30.4 Å². The van der Waals surface area contributed by atoms with Gasteiger partial charge >= 0.3 is 0 Å². The Morgan fingerprint density at radius 3 is 2.17 bits per heavy atom. The molecule has 0 atom stereocenters. The lowest BCUT2D eigenvalue weighted by Gasteiger charge is -2.30. The smallest absolute Gasteiger partial charge is 0.262 e. The molecule has 1 heterocycles. The van der Waals surface area contributed by atoms with Crippen LogP contribution >= 0.6 is 0 Å². The lowest BCUT2D eigenvalue weighted by Crippen LogP contribution is -2.38. The van der Waals surface area contributed by atoms with Crippen molar-refractivity contribution in [1.82, 2.24) is 0 Å². The Balaban J connectivity index is 1.94. The molecule has 0 aliphatic carbocycles. The van der Waals surface area contributed by atoms with Gasteiger partial charge < -0.3 is 0 Å². The fraction of sp³-hybridized carbons (Fsp3) is 0.333. The van der Waals surface area contributed by atoms with Crippen molar-refractivity contribution in [3.05, 3.63) is 47.5 Å². The highest BCUT2D eigenvalue weighted by atomic mass is 32.2. The molecule has 164 valence electrons. The molecule has 1 fully saturated rings. The van der Waals surface area contributed by atoms with Gasteiger partial charge in [0.25, 0.3) is 10.0 Å². The normalized spacial score (nSPS) is 17.0. The molecular formula is C18H23N3O6S3. The van der Waals surface area contributed by atoms with Crippen LogP contribution in [0.1, 0.15) is 24.0 Å². The summed E-state index contributed by atoms with van der Waals surface area (Å²) in [6, 6.07) is 8.01. The Morgan fingerprint density at radius 1 is 0.967 bits per heavy atom. The number of sulfonamides is 3. The summed E-state index contributed by atoms with van der Waals surface area (Å²) in [5.74, 6) is 0.0710. The minimum atomic E-state index is -3.99. The van der Waals surface area contributed by atoms with Crippen LogP contribution in [0, 0.1) is 13.8 Å². The Hall–Kier alpha value is -2.15. The molecule has 0 spiro atoms. The topological polar surface area (TPSA) is 144 Å². The van der Waals surface area contributed by atoms with Crippen molar-refractivity contribution in [1.29, 1.82) is 0 Å². The first kappa shape index (κ1) is 22.5. The fourth-order valence-corrected chi connectivity index (χ4v) is 6.89. The van der Waals surface area contributed by atoms with Crippen LogP contribution in [-0.2, 0) is 30.1 Å². The average Bonchev–Trinajstić information content (AvgIpc) is 2.62. The SMILES string of the molecule is Cc1cc(S(=O)(=O)Nc2ccc(S(N)(=O)=O)cc2)c(C)cc1N1CCCCS1(=O)=O. The predicted molar refractivity (Wildman–Crippen MR) is 115 cm³/mol. The highest BCUT2D eigenvalue weighted by Crippen LogP contribution is 2.31. The number of hydrogen-bond donors (Lipinski definition) is 2. The number of nitrogens with two attached hydrogens (primary N) is 1. The molecule has 9 nitrogen and oxygen atoms in total. The van der Waals surface area contributed by atoms with Crippen molar-refractivity contribution < 1.29 is 25.3 Å². The minimum Gasteiger partial charge on any atom is -0.280 e. The van der Waals surface area contributed by atoms with Crippen LogP contribution in [0.5, 0.6) is 0 Å². The van der Waals surface area contributed by atoms with Crippen molar-refractivity contribution in [3.8, 4) is 0 Å². The molecule has 30 heavy (non-hydrogen) atoms. The first-order valence-corrected chi connectivity index (χ1v) is 13.7. The number of hydrogen-bond acceptors (Lipinski definition) is 6. The molecule has 2 aromatic rings. The molecule has 1 saturated heterocycles. The van der Waals surface area contributed by atoms with Gasteiger partial charge in [-0.2, -0.15) is 0 Å². The summed E-state index contributed by atoms with van der Waals surface area (Å²) in [5, 5.41) is 5.04. The highest BCUT2D eigenvalue weighted by molar-refractivity contribution is 7.93. The number of rotatable bonds is 5. The van der Waals surface area contributed by atoms with E-state index in [1.165, 1.54) is 34.6 Å². The molecule has 3 N–H and O–H groups in total. The van der Waals surface area contributed by atoms with Crippen LogP contribution in [0.25, 0.3) is 0 Å². The lowest BCUT2D eigenvalue weighted by molar-refractivity contribution is 0.574. The summed E-state index contributed by atoms with van der Waals surface area (Å²) in [7, 11) is -11.3. The third-order valence-corrected chi connectivity index (χ3v) is 9.14. The van der Waals surface area contributed by atoms with E-state index in [1.807, 2.05) is 0 Å². The van der Waals surface area contributed by atoms with E-state index >= 15 is 0 Å². The summed E-state index contributed by atoms with van der Waals surface area (Å²) in [6.45, 7) is 3.63. The van der Waals surface area contributed by atoms with E-state index in [0.717, 1.165) is 6.42 Å². The van der Waals surface area contributed by atoms with Gasteiger partial charge in [0.2, 0.25) is 20.0 Å². The molecular weight excluding hydrogens is 450 g/mol. The number of primary sulfonamides is 1. The summed E-state index contributed by atoms with van der Waals surface area (Å²) < 4.78 is 77.0. The number of anilines is 2. The molecule has 0 aromatic heterocycles. The molecule has 0 amide bonds. The van der Waals surface area contributed by atoms with Gasteiger partial charge in [-0.05, 0) is 74.2 Å². The number of nitrogens with zero attached hydrogens (tertiary/aromatic N) is 1. The summed E-state index contributed by atoms with van der Waals surface area (Å²) >= 11 is 0. The minimum absolute atomic E-state index is 0.00804. The molecule has 2 aromatic carbocycles. The Kier molecular flexibility index (Phi) is 5.89. The third-order valence-electron chi connectivity index (χ3n) is 4.84. The van der Waals surface area contributed by atoms with Crippen molar-refractivity contribution in [2.45, 2.75) is 36.5 Å². The van der Waals surface area contributed by atoms with E-state index in [1.54, 1.807) is 19.9 Å². The lowest BCUT2D eigenvalue weighted by atomic mass is 10.1. The van der Waals surface area contributed by atoms with Crippen molar-refractivity contribution in [2.24, 2.45) is 5.14 Å². The number of aryl methyl sites for hydroxylation is 2. The van der Waals surface area contributed by atoms with Gasteiger partial charge in [0.1, 0.15) is 0 Å². The second-order valence-corrected chi connectivity index (χ2v) is 12.4. The predicted octanol–water partition coefficient (Wildman–Crippen LogP) is 1.68. The van der Waals surface area contributed by atoms with Gasteiger partial charge in [0, 0.05) is 12.2 Å². The van der Waals surface area contributed by atoms with Gasteiger partial charge in [0.15, 0.2) is 0 Å². The molecule has 0 bridgehead atoms. The Morgan fingerprint density at radius 2 is 1.60 bits per heavy atom. The standard InChI is InChI=1S/C18H23N3O6S3/c1-13-12-18(14(2)11-17(13)21-9-3-4-10-28(21,22)23)30(26,27)20-15-5-7-16(8-6-15)29(19,24)25/h5-8,11-12,20H,3-4,9-10H2,1-2H3,(H2,19,24,25). The monoisotopic (exact) mass is 473 g/mol. The second-order valence-electron chi connectivity index (χ2n) is 7.17. The first-order chi connectivity index (χ1) is 13.8. The largest absolute Gasteiger partial charge is 0.280 e. The average molecular weight is 474 g/mol. The Bertz CT molecular complexity index is 1290. The van der Waals surface area contributed by atoms with E-state index in [0.29, 0.717) is 29.8 Å². The van der Waals surface area contributed by atoms with Gasteiger partial charge in [-0.3, -0.25) is 9.03 Å². The van der Waals surface area contributed by atoms with Gasteiger partial charge in [-0.1, -0.05) is 0 Å². The zero-order valence-corrected chi connectivity index (χ0v) is 18.9. The first-order valence-electron chi connectivity index (χ1n) is 9.09. The third kappa shape index (κ3) is 4.61. The number of benzene rings is 2. The zero-order valence-electron chi connectivity index (χ0n) is 16.5. The molecule has 0 unspecified atom stereocenters. The summed E-state index contributed by atoms with van der Waals surface area (Å²) in [6.07, 6.45) is 1.35. The molecule has 0 radical (unpaired) electrons. The van der Waals surface area contributed by atoms with Crippen LogP contribution in [0.3, 0.4) is 0 Å². The van der Waals surface area contributed by atoms with E-state index in [4.69, 9.17) is 5.14 Å². The van der Waals surface area contributed by atoms with Gasteiger partial charge in [0.05, 0.1) is 21.2 Å². The van der Waals surface area contributed by atoms with Crippen LogP contribution in [0.4, 0.5) is 11.4 Å². The van der Waals surface area contributed by atoms with Crippen LogP contribution in [0.15, 0.2) is 46.2 Å². The molecule has 0 saturated carbocycles. The zero-order chi connectivity index (χ0) is 22.3. The maximum absolute atomic E-state index is 12.9. The Labute approximate surface area is 177 Å². The summed E-state index contributed by atoms with van der Waals surface area (Å²) in [5.41, 5.74) is 1.56. The fourth-order valence-electron chi connectivity index (χ4n) is 3.31. The van der Waals surface area contributed by atoms with E-state index in [-0.39, 0.29) is 21.2 Å². The van der Waals surface area contributed by atoms with Crippen LogP contribution < -0.4 is 14.2 Å². The van der Waals surface area contributed by atoms with Crippen molar-refractivity contribution >= 4 is 41.4 Å². The van der Waals surface area contributed by atoms with E-state index in [2.05, 4.69) is 4.72 Å². The molecule has 3 rings (SSSR count). The maximum Gasteiger partial charge on any atom is 0.262 e. The van der Waals surface area contributed by atoms with Crippen LogP contribution in [0.2, 0.25) is 0 Å². The van der Waals surface area contributed by atoms with Gasteiger partial charge in [-0.15, -0.1) is 0 Å². The number of nitrogens with one attached hydrogen (secondary N) is 1. The summed E-state index contributed by atoms with van der Waals surface area (Å²) in [4.78, 5) is -0.127. The molecule has 12 heteroatoms. The molecule has 1 aliphatic rings. The highest BCUT2D eigenvalue weighted by Gasteiger charge is 2.28. The van der Waals surface area contributed by atoms with E-state index in [9.17, 15) is 25.3 Å². The maximum atomic E-state index is 12.9. The molecule has 1 aliphatic heterocycles.